The van der Waals surface area contributed by atoms with E-state index in [9.17, 15) is 9.59 Å². The van der Waals surface area contributed by atoms with E-state index in [0.29, 0.717) is 12.8 Å². The Kier molecular flexibility index (Phi) is 3.88. The number of Topliss-reactive ketones (excluding diaryl/α,β-unsaturated/α-hetero) is 1. The zero-order chi connectivity index (χ0) is 17.6. The van der Waals surface area contributed by atoms with Crippen molar-refractivity contribution >= 4 is 28.7 Å². The molecule has 2 heterocycles. The Morgan fingerprint density at radius 2 is 1.84 bits per heavy atom. The molecule has 4 rings (SSSR count). The highest BCUT2D eigenvalue weighted by Crippen LogP contribution is 2.48. The molecule has 0 spiro atoms. The van der Waals surface area contributed by atoms with Crippen LogP contribution in [0, 0.1) is 5.41 Å². The predicted octanol–water partition coefficient (Wildman–Crippen LogP) is 4.91. The number of nitrogens with zero attached hydrogens (tertiary/aromatic N) is 1. The van der Waals surface area contributed by atoms with Crippen molar-refractivity contribution in [2.75, 3.05) is 4.90 Å². The van der Waals surface area contributed by atoms with Crippen molar-refractivity contribution in [2.24, 2.45) is 5.41 Å². The molecule has 1 aliphatic carbocycles. The van der Waals surface area contributed by atoms with E-state index in [4.69, 9.17) is 0 Å². The number of thiophene rings is 1. The number of rotatable bonds is 2. The van der Waals surface area contributed by atoms with E-state index in [1.54, 1.807) is 16.2 Å². The Labute approximate surface area is 152 Å². The summed E-state index contributed by atoms with van der Waals surface area (Å²) in [5.41, 5.74) is 3.57. The first-order valence-corrected chi connectivity index (χ1v) is 9.57. The maximum atomic E-state index is 13.1. The Bertz CT molecular complexity index is 849. The van der Waals surface area contributed by atoms with E-state index in [-0.39, 0.29) is 23.0 Å². The van der Waals surface area contributed by atoms with Crippen LogP contribution in [0.1, 0.15) is 44.6 Å². The minimum Gasteiger partial charge on any atom is -0.294 e. The average Bonchev–Trinajstić information content (AvgIpc) is 3.07. The molecule has 2 aromatic rings. The van der Waals surface area contributed by atoms with Crippen LogP contribution in [0.5, 0.6) is 0 Å². The zero-order valence-electron chi connectivity index (χ0n) is 14.5. The van der Waals surface area contributed by atoms with Gasteiger partial charge in [-0.15, -0.1) is 0 Å². The normalized spacial score (nSPS) is 23.0. The van der Waals surface area contributed by atoms with Crippen molar-refractivity contribution in [3.05, 3.63) is 64.0 Å². The van der Waals surface area contributed by atoms with Gasteiger partial charge in [-0.05, 0) is 46.4 Å². The lowest BCUT2D eigenvalue weighted by molar-refractivity contribution is -0.121. The quantitative estimate of drug-likeness (QED) is 0.771. The Hall–Kier alpha value is -2.20. The lowest BCUT2D eigenvalue weighted by Gasteiger charge is -2.42. The Balaban J connectivity index is 1.90. The fourth-order valence-electron chi connectivity index (χ4n) is 4.05. The molecule has 3 nitrogen and oxygen atoms in total. The maximum absolute atomic E-state index is 13.1. The second kappa shape index (κ2) is 5.95. The van der Waals surface area contributed by atoms with Crippen LogP contribution in [0.3, 0.4) is 0 Å². The molecule has 0 unspecified atom stereocenters. The van der Waals surface area contributed by atoms with Crippen LogP contribution >= 0.6 is 11.3 Å². The number of ketones is 1. The largest absolute Gasteiger partial charge is 0.294 e. The van der Waals surface area contributed by atoms with Crippen molar-refractivity contribution in [3.63, 3.8) is 0 Å². The molecule has 0 bridgehead atoms. The summed E-state index contributed by atoms with van der Waals surface area (Å²) in [6.07, 6.45) is 1.65. The summed E-state index contributed by atoms with van der Waals surface area (Å²) in [7, 11) is 0. The highest BCUT2D eigenvalue weighted by Gasteiger charge is 2.44. The lowest BCUT2D eigenvalue weighted by atomic mass is 9.69. The van der Waals surface area contributed by atoms with Crippen molar-refractivity contribution in [1.82, 2.24) is 0 Å². The van der Waals surface area contributed by atoms with E-state index in [1.807, 2.05) is 41.8 Å². The first kappa shape index (κ1) is 16.3. The van der Waals surface area contributed by atoms with Gasteiger partial charge in [-0.25, -0.2) is 0 Å². The van der Waals surface area contributed by atoms with Crippen LogP contribution in [0.15, 0.2) is 58.4 Å². The zero-order valence-corrected chi connectivity index (χ0v) is 15.3. The minimum absolute atomic E-state index is 0.0756. The summed E-state index contributed by atoms with van der Waals surface area (Å²) in [4.78, 5) is 27.9. The van der Waals surface area contributed by atoms with Gasteiger partial charge < -0.3 is 0 Å². The average molecular weight is 351 g/mol. The summed E-state index contributed by atoms with van der Waals surface area (Å²) < 4.78 is 0. The molecular weight excluding hydrogens is 330 g/mol. The number of carbonyl (C=O) groups excluding carboxylic acids is 2. The van der Waals surface area contributed by atoms with Gasteiger partial charge in [0.15, 0.2) is 5.78 Å². The van der Waals surface area contributed by atoms with Crippen molar-refractivity contribution < 1.29 is 9.59 Å². The third kappa shape index (κ3) is 2.85. The molecule has 0 radical (unpaired) electrons. The number of carbonyl (C=O) groups is 2. The maximum Gasteiger partial charge on any atom is 0.232 e. The van der Waals surface area contributed by atoms with Crippen molar-refractivity contribution in [3.8, 4) is 0 Å². The first-order valence-electron chi connectivity index (χ1n) is 8.63. The van der Waals surface area contributed by atoms with Gasteiger partial charge in [0.05, 0.1) is 0 Å². The summed E-state index contributed by atoms with van der Waals surface area (Å²) in [6.45, 7) is 4.22. The summed E-state index contributed by atoms with van der Waals surface area (Å²) in [6, 6.07) is 11.7. The predicted molar refractivity (Wildman–Crippen MR) is 101 cm³/mol. The van der Waals surface area contributed by atoms with E-state index < -0.39 is 0 Å². The molecule has 1 amide bonds. The van der Waals surface area contributed by atoms with Gasteiger partial charge in [0.1, 0.15) is 0 Å². The molecule has 1 aliphatic heterocycles. The lowest BCUT2D eigenvalue weighted by Crippen LogP contribution is -2.43. The summed E-state index contributed by atoms with van der Waals surface area (Å²) >= 11 is 1.61. The van der Waals surface area contributed by atoms with Gasteiger partial charge in [0, 0.05) is 35.7 Å². The third-order valence-electron chi connectivity index (χ3n) is 5.10. The van der Waals surface area contributed by atoms with Gasteiger partial charge in [-0.1, -0.05) is 32.0 Å². The van der Waals surface area contributed by atoms with Crippen LogP contribution in [0.25, 0.3) is 0 Å². The molecule has 2 aliphatic rings. The van der Waals surface area contributed by atoms with Crippen LogP contribution in [0.2, 0.25) is 0 Å². The molecule has 0 fully saturated rings. The highest BCUT2D eigenvalue weighted by molar-refractivity contribution is 7.08. The Morgan fingerprint density at radius 3 is 2.52 bits per heavy atom. The third-order valence-corrected chi connectivity index (χ3v) is 5.80. The second-order valence-corrected chi connectivity index (χ2v) is 8.46. The van der Waals surface area contributed by atoms with Gasteiger partial charge in [0.25, 0.3) is 0 Å². The molecule has 4 heteroatoms. The van der Waals surface area contributed by atoms with Crippen LogP contribution in [-0.2, 0) is 9.59 Å². The topological polar surface area (TPSA) is 37.4 Å². The van der Waals surface area contributed by atoms with Gasteiger partial charge in [-0.3, -0.25) is 14.5 Å². The molecule has 128 valence electrons. The van der Waals surface area contributed by atoms with E-state index >= 15 is 0 Å². The number of amides is 1. The Morgan fingerprint density at radius 1 is 1.08 bits per heavy atom. The number of allylic oxidation sites excluding steroid dienone is 2. The number of benzene rings is 1. The molecule has 1 aromatic carbocycles. The van der Waals surface area contributed by atoms with Gasteiger partial charge in [0.2, 0.25) is 5.91 Å². The van der Waals surface area contributed by atoms with Gasteiger partial charge in [-0.2, -0.15) is 11.3 Å². The number of hydrogen-bond donors (Lipinski definition) is 0. The molecule has 1 aromatic heterocycles. The first-order chi connectivity index (χ1) is 12.0. The van der Waals surface area contributed by atoms with Crippen LogP contribution in [-0.4, -0.2) is 11.7 Å². The molecule has 0 N–H and O–H groups in total. The summed E-state index contributed by atoms with van der Waals surface area (Å²) in [5.74, 6) is 0.167. The smallest absolute Gasteiger partial charge is 0.232 e. The van der Waals surface area contributed by atoms with Crippen molar-refractivity contribution in [2.45, 2.75) is 39.0 Å². The molecular formula is C21H21NO2S. The van der Waals surface area contributed by atoms with Gasteiger partial charge >= 0.3 is 0 Å². The van der Waals surface area contributed by atoms with E-state index in [2.05, 4.69) is 19.2 Å². The standard InChI is InChI=1S/C21H21NO2S/c1-21(2)11-17-20(18(23)12-21)16(14-8-9-25-13-14)10-19(24)22(17)15-6-4-3-5-7-15/h3-9,13,16H,10-12H2,1-2H3/t16-/m1/s1. The molecule has 25 heavy (non-hydrogen) atoms. The van der Waals surface area contributed by atoms with E-state index in [1.165, 1.54) is 0 Å². The fraction of sp³-hybridized carbons (Fsp3) is 0.333. The molecule has 1 atom stereocenters. The monoisotopic (exact) mass is 351 g/mol. The number of anilines is 1. The summed E-state index contributed by atoms with van der Waals surface area (Å²) in [5, 5.41) is 4.08. The SMILES string of the molecule is CC1(C)CC(=O)C2=C(C1)N(c1ccccc1)C(=O)C[C@@H]2c1ccsc1. The highest BCUT2D eigenvalue weighted by atomic mass is 32.1. The minimum atomic E-state index is -0.125. The van der Waals surface area contributed by atoms with Crippen LogP contribution < -0.4 is 4.90 Å². The van der Waals surface area contributed by atoms with E-state index in [0.717, 1.165) is 28.9 Å². The fourth-order valence-corrected chi connectivity index (χ4v) is 4.76. The number of para-hydroxylation sites is 1. The number of hydrogen-bond acceptors (Lipinski definition) is 3. The van der Waals surface area contributed by atoms with Crippen molar-refractivity contribution in [1.29, 1.82) is 0 Å². The van der Waals surface area contributed by atoms with Crippen LogP contribution in [0.4, 0.5) is 5.69 Å². The second-order valence-electron chi connectivity index (χ2n) is 7.68. The molecule has 0 saturated heterocycles. The molecule has 0 saturated carbocycles.